The molecule has 8 nitrogen and oxygen atoms in total. The highest BCUT2D eigenvalue weighted by Crippen LogP contribution is 2.10. The molecular weight excluding hydrogens is 386 g/mol. The smallest absolute Gasteiger partial charge is 0.407 e. The fraction of sp³-hybridized carbons (Fsp3) is 0.318. The predicted molar refractivity (Wildman–Crippen MR) is 112 cm³/mol. The van der Waals surface area contributed by atoms with Crippen LogP contribution in [-0.4, -0.2) is 38.1 Å². The van der Waals surface area contributed by atoms with E-state index in [1.165, 1.54) is 0 Å². The van der Waals surface area contributed by atoms with Gasteiger partial charge in [-0.25, -0.2) is 4.79 Å². The lowest BCUT2D eigenvalue weighted by atomic mass is 10.2. The first-order chi connectivity index (χ1) is 14.6. The second-order valence-corrected chi connectivity index (χ2v) is 6.49. The molecule has 8 heteroatoms. The number of amides is 3. The Morgan fingerprint density at radius 2 is 1.57 bits per heavy atom. The van der Waals surface area contributed by atoms with E-state index < -0.39 is 6.09 Å². The van der Waals surface area contributed by atoms with Gasteiger partial charge in [-0.05, 0) is 29.7 Å². The van der Waals surface area contributed by atoms with Crippen molar-refractivity contribution < 1.29 is 23.9 Å². The molecule has 0 aliphatic heterocycles. The summed E-state index contributed by atoms with van der Waals surface area (Å²) in [7, 11) is 1.59. The molecule has 2 aromatic rings. The van der Waals surface area contributed by atoms with Crippen LogP contribution in [0.5, 0.6) is 5.75 Å². The minimum absolute atomic E-state index is 0.0957. The molecule has 0 aliphatic rings. The first-order valence-electron chi connectivity index (χ1n) is 9.67. The van der Waals surface area contributed by atoms with Crippen LogP contribution in [0.3, 0.4) is 0 Å². The number of carbonyl (C=O) groups is 3. The molecule has 0 saturated carbocycles. The van der Waals surface area contributed by atoms with E-state index in [1.54, 1.807) is 7.11 Å². The lowest BCUT2D eigenvalue weighted by molar-refractivity contribution is -0.126. The zero-order valence-electron chi connectivity index (χ0n) is 17.0. The summed E-state index contributed by atoms with van der Waals surface area (Å²) >= 11 is 0. The molecule has 3 amide bonds. The summed E-state index contributed by atoms with van der Waals surface area (Å²) in [5.41, 5.74) is 1.83. The summed E-state index contributed by atoms with van der Waals surface area (Å²) in [4.78, 5) is 35.2. The molecule has 30 heavy (non-hydrogen) atoms. The van der Waals surface area contributed by atoms with Crippen LogP contribution < -0.4 is 20.7 Å². The molecule has 0 unspecified atom stereocenters. The normalized spacial score (nSPS) is 10.0. The molecule has 0 saturated heterocycles. The lowest BCUT2D eigenvalue weighted by Gasteiger charge is -2.09. The highest BCUT2D eigenvalue weighted by atomic mass is 16.5. The maximum absolute atomic E-state index is 11.8. The van der Waals surface area contributed by atoms with Gasteiger partial charge in [0.1, 0.15) is 12.4 Å². The Morgan fingerprint density at radius 3 is 2.27 bits per heavy atom. The van der Waals surface area contributed by atoms with E-state index in [0.717, 1.165) is 16.9 Å². The van der Waals surface area contributed by atoms with E-state index in [4.69, 9.17) is 9.47 Å². The number of ether oxygens (including phenoxy) is 2. The molecule has 0 aliphatic carbocycles. The number of methoxy groups -OCH3 is 1. The summed E-state index contributed by atoms with van der Waals surface area (Å²) in [5.74, 6) is 0.215. The second kappa shape index (κ2) is 12.8. The molecule has 0 atom stereocenters. The van der Waals surface area contributed by atoms with Crippen LogP contribution in [0.25, 0.3) is 0 Å². The zero-order chi connectivity index (χ0) is 21.6. The molecule has 0 bridgehead atoms. The molecule has 160 valence electrons. The van der Waals surface area contributed by atoms with Gasteiger partial charge >= 0.3 is 6.09 Å². The Labute approximate surface area is 175 Å². The summed E-state index contributed by atoms with van der Waals surface area (Å²) < 4.78 is 10.2. The molecule has 2 aromatic carbocycles. The minimum atomic E-state index is -0.530. The number of hydrogen-bond donors (Lipinski definition) is 3. The molecule has 0 fully saturated rings. The van der Waals surface area contributed by atoms with Gasteiger partial charge in [0.05, 0.1) is 13.7 Å². The fourth-order valence-electron chi connectivity index (χ4n) is 2.49. The average molecular weight is 413 g/mol. The van der Waals surface area contributed by atoms with Crippen molar-refractivity contribution in [1.29, 1.82) is 0 Å². The Balaban J connectivity index is 1.50. The first kappa shape index (κ1) is 22.7. The van der Waals surface area contributed by atoms with Crippen molar-refractivity contribution in [3.8, 4) is 5.75 Å². The van der Waals surface area contributed by atoms with Crippen LogP contribution in [0.4, 0.5) is 4.79 Å². The van der Waals surface area contributed by atoms with Crippen molar-refractivity contribution in [2.45, 2.75) is 26.0 Å². The molecule has 0 heterocycles. The van der Waals surface area contributed by atoms with Crippen LogP contribution in [0, 0.1) is 0 Å². The Kier molecular flexibility index (Phi) is 9.72. The maximum atomic E-state index is 11.8. The van der Waals surface area contributed by atoms with Crippen molar-refractivity contribution in [1.82, 2.24) is 16.0 Å². The van der Waals surface area contributed by atoms with E-state index in [-0.39, 0.29) is 31.4 Å². The third kappa shape index (κ3) is 9.09. The summed E-state index contributed by atoms with van der Waals surface area (Å²) in [5, 5.41) is 7.88. The van der Waals surface area contributed by atoms with Gasteiger partial charge in [0.15, 0.2) is 0 Å². The van der Waals surface area contributed by atoms with E-state index >= 15 is 0 Å². The van der Waals surface area contributed by atoms with E-state index in [9.17, 15) is 14.4 Å². The average Bonchev–Trinajstić information content (AvgIpc) is 2.78. The fourth-order valence-corrected chi connectivity index (χ4v) is 2.49. The molecule has 0 radical (unpaired) electrons. The van der Waals surface area contributed by atoms with E-state index in [0.29, 0.717) is 19.5 Å². The third-order valence-electron chi connectivity index (χ3n) is 4.16. The summed E-state index contributed by atoms with van der Waals surface area (Å²) in [6, 6.07) is 16.7. The highest BCUT2D eigenvalue weighted by Gasteiger charge is 2.07. The maximum Gasteiger partial charge on any atom is 0.407 e. The second-order valence-electron chi connectivity index (χ2n) is 6.49. The number of carbonyl (C=O) groups excluding carboxylic acids is 3. The van der Waals surface area contributed by atoms with Gasteiger partial charge in [-0.15, -0.1) is 0 Å². The number of alkyl carbamates (subject to hydrolysis) is 1. The minimum Gasteiger partial charge on any atom is -0.497 e. The van der Waals surface area contributed by atoms with E-state index in [2.05, 4.69) is 16.0 Å². The largest absolute Gasteiger partial charge is 0.497 e. The molecule has 0 spiro atoms. The predicted octanol–water partition coefficient (Wildman–Crippen LogP) is 2.13. The van der Waals surface area contributed by atoms with Gasteiger partial charge in [0.25, 0.3) is 0 Å². The third-order valence-corrected chi connectivity index (χ3v) is 4.16. The summed E-state index contributed by atoms with van der Waals surface area (Å²) in [6.45, 7) is 0.777. The topological polar surface area (TPSA) is 106 Å². The number of hydrogen-bond acceptors (Lipinski definition) is 5. The standard InChI is InChI=1S/C22H27N3O5/c1-29-19-11-9-17(10-12-19)14-24-21(27)15-25-20(26)8-5-13-23-22(28)30-16-18-6-3-2-4-7-18/h2-4,6-7,9-12H,5,8,13-16H2,1H3,(H,23,28)(H,24,27)(H,25,26). The van der Waals surface area contributed by atoms with Gasteiger partial charge in [0, 0.05) is 19.5 Å². The Morgan fingerprint density at radius 1 is 0.833 bits per heavy atom. The van der Waals surface area contributed by atoms with Crippen LogP contribution in [-0.2, 0) is 27.5 Å². The van der Waals surface area contributed by atoms with Crippen molar-refractivity contribution in [3.63, 3.8) is 0 Å². The van der Waals surface area contributed by atoms with Crippen molar-refractivity contribution in [3.05, 3.63) is 65.7 Å². The number of benzene rings is 2. The molecular formula is C22H27N3O5. The number of rotatable bonds is 11. The molecule has 0 aromatic heterocycles. The van der Waals surface area contributed by atoms with E-state index in [1.807, 2.05) is 54.6 Å². The van der Waals surface area contributed by atoms with Gasteiger partial charge in [-0.2, -0.15) is 0 Å². The Bertz CT molecular complexity index is 809. The van der Waals surface area contributed by atoms with Crippen molar-refractivity contribution in [2.75, 3.05) is 20.2 Å². The van der Waals surface area contributed by atoms with Gasteiger partial charge in [-0.1, -0.05) is 42.5 Å². The van der Waals surface area contributed by atoms with Crippen LogP contribution in [0.1, 0.15) is 24.0 Å². The van der Waals surface area contributed by atoms with Crippen LogP contribution in [0.2, 0.25) is 0 Å². The van der Waals surface area contributed by atoms with Crippen molar-refractivity contribution >= 4 is 17.9 Å². The summed E-state index contributed by atoms with van der Waals surface area (Å²) in [6.07, 6.45) is 0.113. The molecule has 3 N–H and O–H groups in total. The lowest BCUT2D eigenvalue weighted by Crippen LogP contribution is -2.36. The first-order valence-corrected chi connectivity index (χ1v) is 9.67. The highest BCUT2D eigenvalue weighted by molar-refractivity contribution is 5.84. The monoisotopic (exact) mass is 413 g/mol. The number of nitrogens with one attached hydrogen (secondary N) is 3. The SMILES string of the molecule is COc1ccc(CNC(=O)CNC(=O)CCCNC(=O)OCc2ccccc2)cc1. The van der Waals surface area contributed by atoms with Gasteiger partial charge < -0.3 is 25.4 Å². The molecule has 2 rings (SSSR count). The van der Waals surface area contributed by atoms with Gasteiger partial charge in [0.2, 0.25) is 11.8 Å². The zero-order valence-corrected chi connectivity index (χ0v) is 17.0. The van der Waals surface area contributed by atoms with Gasteiger partial charge in [-0.3, -0.25) is 9.59 Å². The van der Waals surface area contributed by atoms with Crippen LogP contribution in [0.15, 0.2) is 54.6 Å². The van der Waals surface area contributed by atoms with Crippen molar-refractivity contribution in [2.24, 2.45) is 0 Å². The Hall–Kier alpha value is -3.55. The quantitative estimate of drug-likeness (QED) is 0.490. The van der Waals surface area contributed by atoms with Crippen LogP contribution >= 0.6 is 0 Å².